The van der Waals surface area contributed by atoms with Gasteiger partial charge in [-0.3, -0.25) is 9.59 Å². The fraction of sp³-hybridized carbons (Fsp3) is 0.370. The number of ether oxygens (including phenoxy) is 1. The van der Waals surface area contributed by atoms with Gasteiger partial charge in [-0.15, -0.1) is 0 Å². The van der Waals surface area contributed by atoms with E-state index in [9.17, 15) is 18.0 Å². The van der Waals surface area contributed by atoms with Crippen LogP contribution in [0.4, 0.5) is 5.69 Å². The van der Waals surface area contributed by atoms with Gasteiger partial charge in [-0.05, 0) is 41.7 Å². The zero-order chi connectivity index (χ0) is 27.5. The van der Waals surface area contributed by atoms with Crippen LogP contribution in [0.5, 0.6) is 5.75 Å². The molecule has 1 atom stereocenters. The second-order valence-electron chi connectivity index (χ2n) is 10.2. The average Bonchev–Trinajstić information content (AvgIpc) is 3.18. The van der Waals surface area contributed by atoms with E-state index in [0.717, 1.165) is 16.7 Å². The molecule has 0 saturated carbocycles. The molecule has 12 heteroatoms. The third kappa shape index (κ3) is 4.58. The molecule has 4 heterocycles. The molecule has 0 aliphatic carbocycles. The zero-order valence-electron chi connectivity index (χ0n) is 21.6. The van der Waals surface area contributed by atoms with Crippen molar-refractivity contribution in [3.8, 4) is 5.75 Å². The fourth-order valence-corrected chi connectivity index (χ4v) is 6.59. The summed E-state index contributed by atoms with van der Waals surface area (Å²) in [5.74, 6) is -0.0920. The first-order valence-corrected chi connectivity index (χ1v) is 15.0. The summed E-state index contributed by atoms with van der Waals surface area (Å²) < 4.78 is 33.4. The van der Waals surface area contributed by atoms with Crippen LogP contribution in [-0.2, 0) is 40.7 Å². The van der Waals surface area contributed by atoms with Gasteiger partial charge in [-0.25, -0.2) is 13.1 Å². The number of likely N-dealkylation sites (N-methyl/N-ethyl adjacent to an activating group) is 1. The standard InChI is InChI=1S/C27H28ClN5O5S/c1-30-21-12-19-15-31(39(2,36)37)10-8-18(19)13-23(21)38-16-22(26(30)34)32-11-9-20-24(27(32)35)29-33(25(20)28)14-17-6-4-3-5-7-17/h3-7,12-13,22H,8-11,14-16H2,1-2H3/t22-/m0/s1. The molecule has 2 aromatic carbocycles. The topological polar surface area (TPSA) is 105 Å². The Kier molecular flexibility index (Phi) is 6.40. The van der Waals surface area contributed by atoms with Crippen LogP contribution in [0.25, 0.3) is 0 Å². The summed E-state index contributed by atoms with van der Waals surface area (Å²) in [4.78, 5) is 30.3. The molecule has 0 saturated heterocycles. The highest BCUT2D eigenvalue weighted by Crippen LogP contribution is 2.37. The van der Waals surface area contributed by atoms with Crippen LogP contribution in [0, 0.1) is 0 Å². The largest absolute Gasteiger partial charge is 0.489 e. The van der Waals surface area contributed by atoms with E-state index >= 15 is 0 Å². The lowest BCUT2D eigenvalue weighted by Crippen LogP contribution is -2.54. The molecule has 204 valence electrons. The SMILES string of the molecule is CN1C(=O)[C@@H](N2CCc3c(nn(Cc4ccccc4)c3Cl)C2=O)COc2cc3c(cc21)CN(S(C)(=O)=O)CC3. The number of sulfonamides is 1. The Labute approximate surface area is 231 Å². The van der Waals surface area contributed by atoms with Crippen LogP contribution < -0.4 is 9.64 Å². The maximum absolute atomic E-state index is 13.7. The van der Waals surface area contributed by atoms with Crippen molar-refractivity contribution in [1.82, 2.24) is 19.0 Å². The number of anilines is 1. The van der Waals surface area contributed by atoms with Crippen molar-refractivity contribution in [3.63, 3.8) is 0 Å². The van der Waals surface area contributed by atoms with E-state index in [-0.39, 0.29) is 30.7 Å². The number of benzene rings is 2. The van der Waals surface area contributed by atoms with Gasteiger partial charge in [0.1, 0.15) is 23.6 Å². The molecule has 3 aliphatic heterocycles. The van der Waals surface area contributed by atoms with E-state index in [2.05, 4.69) is 5.10 Å². The van der Waals surface area contributed by atoms with Crippen molar-refractivity contribution in [2.75, 3.05) is 37.9 Å². The Hall–Kier alpha value is -3.41. The highest BCUT2D eigenvalue weighted by molar-refractivity contribution is 7.88. The summed E-state index contributed by atoms with van der Waals surface area (Å²) in [5, 5.41) is 4.97. The third-order valence-corrected chi connectivity index (χ3v) is 9.37. The van der Waals surface area contributed by atoms with Crippen molar-refractivity contribution in [3.05, 3.63) is 75.6 Å². The Morgan fingerprint density at radius 3 is 2.59 bits per heavy atom. The predicted molar refractivity (Wildman–Crippen MR) is 146 cm³/mol. The zero-order valence-corrected chi connectivity index (χ0v) is 23.2. The summed E-state index contributed by atoms with van der Waals surface area (Å²) >= 11 is 6.62. The molecule has 6 rings (SSSR count). The molecule has 0 fully saturated rings. The first kappa shape index (κ1) is 25.8. The van der Waals surface area contributed by atoms with Gasteiger partial charge in [0, 0.05) is 32.2 Å². The first-order valence-electron chi connectivity index (χ1n) is 12.7. The highest BCUT2D eigenvalue weighted by Gasteiger charge is 2.41. The number of carbonyl (C=O) groups excluding carboxylic acids is 2. The van der Waals surface area contributed by atoms with Crippen LogP contribution in [0.3, 0.4) is 0 Å². The van der Waals surface area contributed by atoms with Gasteiger partial charge in [0.15, 0.2) is 5.69 Å². The van der Waals surface area contributed by atoms with Crippen LogP contribution in [-0.4, -0.2) is 78.3 Å². The smallest absolute Gasteiger partial charge is 0.275 e. The molecule has 2 amide bonds. The number of carbonyl (C=O) groups is 2. The second-order valence-corrected chi connectivity index (χ2v) is 12.5. The van der Waals surface area contributed by atoms with Gasteiger partial charge in [0.25, 0.3) is 11.8 Å². The van der Waals surface area contributed by atoms with Crippen LogP contribution >= 0.6 is 11.6 Å². The summed E-state index contributed by atoms with van der Waals surface area (Å²) in [6.45, 7) is 1.39. The molecule has 3 aliphatic rings. The van der Waals surface area contributed by atoms with Crippen LogP contribution in [0.1, 0.15) is 32.7 Å². The Bertz CT molecular complexity index is 1590. The number of halogens is 1. The molecule has 0 spiro atoms. The molecular formula is C27H28ClN5O5S. The van der Waals surface area contributed by atoms with Gasteiger partial charge < -0.3 is 14.5 Å². The quantitative estimate of drug-likeness (QED) is 0.478. The van der Waals surface area contributed by atoms with E-state index in [0.29, 0.717) is 54.6 Å². The molecule has 0 bridgehead atoms. The minimum atomic E-state index is -3.33. The van der Waals surface area contributed by atoms with Gasteiger partial charge in [-0.2, -0.15) is 9.40 Å². The summed E-state index contributed by atoms with van der Waals surface area (Å²) in [7, 11) is -1.68. The number of hydrogen-bond acceptors (Lipinski definition) is 6. The van der Waals surface area contributed by atoms with Crippen molar-refractivity contribution in [2.45, 2.75) is 32.0 Å². The van der Waals surface area contributed by atoms with E-state index in [1.54, 1.807) is 11.7 Å². The number of rotatable bonds is 4. The summed E-state index contributed by atoms with van der Waals surface area (Å²) in [5.41, 5.74) is 4.34. The fourth-order valence-electron chi connectivity index (χ4n) is 5.51. The Balaban J connectivity index is 1.26. The van der Waals surface area contributed by atoms with E-state index in [1.165, 1.54) is 20.4 Å². The minimum absolute atomic E-state index is 0.00392. The van der Waals surface area contributed by atoms with Gasteiger partial charge in [0.2, 0.25) is 10.0 Å². The minimum Gasteiger partial charge on any atom is -0.489 e. The molecule has 0 N–H and O–H groups in total. The second kappa shape index (κ2) is 9.65. The molecule has 39 heavy (non-hydrogen) atoms. The molecule has 10 nitrogen and oxygen atoms in total. The molecule has 3 aromatic rings. The number of fused-ring (bicyclic) bond motifs is 3. The van der Waals surface area contributed by atoms with Crippen molar-refractivity contribution in [1.29, 1.82) is 0 Å². The molecule has 1 aromatic heterocycles. The molecule has 0 unspecified atom stereocenters. The number of amides is 2. The Morgan fingerprint density at radius 2 is 1.85 bits per heavy atom. The number of hydrogen-bond donors (Lipinski definition) is 0. The van der Waals surface area contributed by atoms with Crippen LogP contribution in [0.2, 0.25) is 5.15 Å². The van der Waals surface area contributed by atoms with Gasteiger partial charge in [-0.1, -0.05) is 41.9 Å². The van der Waals surface area contributed by atoms with Crippen molar-refractivity contribution >= 4 is 39.1 Å². The maximum atomic E-state index is 13.7. The van der Waals surface area contributed by atoms with Crippen molar-refractivity contribution in [2.24, 2.45) is 0 Å². The number of aromatic nitrogens is 2. The van der Waals surface area contributed by atoms with E-state index in [1.807, 2.05) is 42.5 Å². The molecule has 0 radical (unpaired) electrons. The Morgan fingerprint density at radius 1 is 1.08 bits per heavy atom. The normalized spacial score (nSPS) is 19.7. The average molecular weight is 570 g/mol. The lowest BCUT2D eigenvalue weighted by Gasteiger charge is -2.33. The van der Waals surface area contributed by atoms with Crippen LogP contribution in [0.15, 0.2) is 42.5 Å². The third-order valence-electron chi connectivity index (χ3n) is 7.70. The monoisotopic (exact) mass is 569 g/mol. The molecular weight excluding hydrogens is 542 g/mol. The number of nitrogens with zero attached hydrogens (tertiary/aromatic N) is 5. The van der Waals surface area contributed by atoms with Crippen molar-refractivity contribution < 1.29 is 22.7 Å². The lowest BCUT2D eigenvalue weighted by molar-refractivity contribution is -0.123. The predicted octanol–water partition coefficient (Wildman–Crippen LogP) is 2.32. The highest BCUT2D eigenvalue weighted by atomic mass is 35.5. The van der Waals surface area contributed by atoms with E-state index < -0.39 is 16.1 Å². The maximum Gasteiger partial charge on any atom is 0.275 e. The summed E-state index contributed by atoms with van der Waals surface area (Å²) in [6.07, 6.45) is 2.23. The first-order chi connectivity index (χ1) is 18.6. The lowest BCUT2D eigenvalue weighted by atomic mass is 9.99. The van der Waals surface area contributed by atoms with E-state index in [4.69, 9.17) is 16.3 Å². The summed E-state index contributed by atoms with van der Waals surface area (Å²) in [6, 6.07) is 12.6. The van der Waals surface area contributed by atoms with Gasteiger partial charge >= 0.3 is 0 Å². The van der Waals surface area contributed by atoms with Gasteiger partial charge in [0.05, 0.1) is 18.5 Å².